The van der Waals surface area contributed by atoms with Gasteiger partial charge in [-0.25, -0.2) is 13.6 Å². The molecule has 2 rings (SSSR count). The molecular weight excluding hydrogens is 248 g/mol. The number of hydrogen-bond donors (Lipinski definition) is 1. The Balaban J connectivity index is 2.12. The average molecular weight is 263 g/mol. The van der Waals surface area contributed by atoms with Gasteiger partial charge in [-0.2, -0.15) is 0 Å². The molecule has 1 saturated heterocycles. The fourth-order valence-electron chi connectivity index (χ4n) is 2.40. The predicted octanol–water partition coefficient (Wildman–Crippen LogP) is 1.57. The van der Waals surface area contributed by atoms with Crippen LogP contribution in [0.4, 0.5) is 13.6 Å². The smallest absolute Gasteiger partial charge is 0.410 e. The standard InChI is InChI=1S/C11H15F2NO4/c1-10(2,3)18-9(17)14-4-5(8(15)16)6-7(14)11(6,12)13/h5-7H,4H2,1-3H3,(H,15,16)/t5-,6+,7-/m0/s1. The van der Waals surface area contributed by atoms with Gasteiger partial charge in [-0.3, -0.25) is 9.69 Å². The predicted molar refractivity (Wildman–Crippen MR) is 56.3 cm³/mol. The lowest BCUT2D eigenvalue weighted by Crippen LogP contribution is -2.41. The third-order valence-electron chi connectivity index (χ3n) is 3.18. The van der Waals surface area contributed by atoms with Gasteiger partial charge < -0.3 is 9.84 Å². The highest BCUT2D eigenvalue weighted by Gasteiger charge is 2.79. The normalized spacial score (nSPS) is 32.9. The maximum atomic E-state index is 13.4. The van der Waals surface area contributed by atoms with Gasteiger partial charge in [0.2, 0.25) is 0 Å². The summed E-state index contributed by atoms with van der Waals surface area (Å²) in [6.45, 7) is 4.66. The van der Waals surface area contributed by atoms with E-state index in [1.54, 1.807) is 20.8 Å². The molecule has 0 aromatic rings. The number of fused-ring (bicyclic) bond motifs is 1. The van der Waals surface area contributed by atoms with Crippen LogP contribution in [-0.2, 0) is 9.53 Å². The maximum Gasteiger partial charge on any atom is 0.410 e. The summed E-state index contributed by atoms with van der Waals surface area (Å²) in [5.41, 5.74) is -0.794. The summed E-state index contributed by atoms with van der Waals surface area (Å²) in [4.78, 5) is 23.4. The molecule has 1 saturated carbocycles. The number of piperidine rings is 1. The molecule has 18 heavy (non-hydrogen) atoms. The zero-order valence-corrected chi connectivity index (χ0v) is 10.3. The molecule has 1 aliphatic carbocycles. The Hall–Kier alpha value is -1.40. The molecule has 7 heteroatoms. The van der Waals surface area contributed by atoms with Crippen molar-refractivity contribution in [3.8, 4) is 0 Å². The molecule has 1 N–H and O–H groups in total. The van der Waals surface area contributed by atoms with Crippen LogP contribution in [0.25, 0.3) is 0 Å². The maximum absolute atomic E-state index is 13.4. The molecule has 0 aromatic carbocycles. The largest absolute Gasteiger partial charge is 0.481 e. The number of carboxylic acids is 1. The van der Waals surface area contributed by atoms with Crippen molar-refractivity contribution in [3.63, 3.8) is 0 Å². The van der Waals surface area contributed by atoms with Gasteiger partial charge in [0, 0.05) is 6.54 Å². The topological polar surface area (TPSA) is 66.8 Å². The lowest BCUT2D eigenvalue weighted by Gasteiger charge is -2.26. The fourth-order valence-corrected chi connectivity index (χ4v) is 2.40. The van der Waals surface area contributed by atoms with Crippen molar-refractivity contribution >= 4 is 12.1 Å². The molecule has 0 radical (unpaired) electrons. The third kappa shape index (κ3) is 1.91. The van der Waals surface area contributed by atoms with Crippen molar-refractivity contribution in [2.45, 2.75) is 38.3 Å². The lowest BCUT2D eigenvalue weighted by molar-refractivity contribution is -0.143. The van der Waals surface area contributed by atoms with E-state index in [0.29, 0.717) is 0 Å². The minimum Gasteiger partial charge on any atom is -0.481 e. The van der Waals surface area contributed by atoms with Crippen LogP contribution in [0.2, 0.25) is 0 Å². The van der Waals surface area contributed by atoms with Crippen molar-refractivity contribution in [3.05, 3.63) is 0 Å². The summed E-state index contributed by atoms with van der Waals surface area (Å²) in [5, 5.41) is 8.86. The van der Waals surface area contributed by atoms with Gasteiger partial charge in [-0.15, -0.1) is 0 Å². The molecule has 2 fully saturated rings. The van der Waals surface area contributed by atoms with Crippen LogP contribution in [-0.4, -0.2) is 46.2 Å². The molecule has 3 atom stereocenters. The summed E-state index contributed by atoms with van der Waals surface area (Å²) in [7, 11) is 0. The molecule has 0 unspecified atom stereocenters. The van der Waals surface area contributed by atoms with Gasteiger partial charge in [-0.05, 0) is 20.8 Å². The van der Waals surface area contributed by atoms with E-state index in [-0.39, 0.29) is 6.54 Å². The van der Waals surface area contributed by atoms with Crippen LogP contribution in [0.15, 0.2) is 0 Å². The van der Waals surface area contributed by atoms with E-state index >= 15 is 0 Å². The number of amides is 1. The minimum absolute atomic E-state index is 0.213. The Morgan fingerprint density at radius 3 is 2.33 bits per heavy atom. The van der Waals surface area contributed by atoms with Crippen molar-refractivity contribution in [1.82, 2.24) is 4.90 Å². The van der Waals surface area contributed by atoms with Gasteiger partial charge in [0.25, 0.3) is 5.92 Å². The van der Waals surface area contributed by atoms with Gasteiger partial charge in [0.1, 0.15) is 11.6 Å². The Bertz CT molecular complexity index is 404. The molecule has 0 spiro atoms. The molecule has 0 aromatic heterocycles. The Kier molecular flexibility index (Phi) is 2.57. The Morgan fingerprint density at radius 1 is 1.39 bits per heavy atom. The van der Waals surface area contributed by atoms with E-state index in [9.17, 15) is 18.4 Å². The van der Waals surface area contributed by atoms with E-state index < -0.39 is 41.5 Å². The number of rotatable bonds is 1. The molecule has 102 valence electrons. The van der Waals surface area contributed by atoms with Crippen molar-refractivity contribution in [1.29, 1.82) is 0 Å². The van der Waals surface area contributed by atoms with E-state index in [1.165, 1.54) is 0 Å². The van der Waals surface area contributed by atoms with E-state index in [4.69, 9.17) is 9.84 Å². The summed E-state index contributed by atoms with van der Waals surface area (Å²) in [6, 6.07) is -1.33. The number of aliphatic carboxylic acids is 1. The molecular formula is C11H15F2NO4. The van der Waals surface area contributed by atoms with Crippen molar-refractivity contribution in [2.75, 3.05) is 6.54 Å². The second kappa shape index (κ2) is 3.55. The zero-order chi connectivity index (χ0) is 13.9. The van der Waals surface area contributed by atoms with Crippen LogP contribution in [0, 0.1) is 11.8 Å². The van der Waals surface area contributed by atoms with Gasteiger partial charge in [0.05, 0.1) is 11.8 Å². The van der Waals surface area contributed by atoms with Crippen molar-refractivity contribution in [2.24, 2.45) is 11.8 Å². The van der Waals surface area contributed by atoms with E-state index in [0.717, 1.165) is 4.90 Å². The fraction of sp³-hybridized carbons (Fsp3) is 0.818. The number of halogens is 2. The monoisotopic (exact) mass is 263 g/mol. The molecule has 2 aliphatic rings. The average Bonchev–Trinajstić information content (AvgIpc) is 2.58. The summed E-state index contributed by atoms with van der Waals surface area (Å²) in [6.07, 6.45) is -0.876. The number of alkyl halides is 2. The second-order valence-electron chi connectivity index (χ2n) is 5.72. The SMILES string of the molecule is CC(C)(C)OC(=O)N1C[C@H](C(=O)O)[C@@H]2[C@H]1C2(F)F. The van der Waals surface area contributed by atoms with Crippen LogP contribution in [0.3, 0.4) is 0 Å². The number of likely N-dealkylation sites (tertiary alicyclic amines) is 1. The molecule has 5 nitrogen and oxygen atoms in total. The molecule has 1 aliphatic heterocycles. The number of ether oxygens (including phenoxy) is 1. The number of carboxylic acid groups (broad SMARTS) is 1. The zero-order valence-electron chi connectivity index (χ0n) is 10.3. The summed E-state index contributed by atoms with van der Waals surface area (Å²) in [5.74, 6) is -6.90. The third-order valence-corrected chi connectivity index (χ3v) is 3.18. The van der Waals surface area contributed by atoms with Crippen LogP contribution in [0.5, 0.6) is 0 Å². The van der Waals surface area contributed by atoms with Crippen LogP contribution in [0.1, 0.15) is 20.8 Å². The molecule has 1 heterocycles. The highest BCUT2D eigenvalue weighted by atomic mass is 19.3. The first-order valence-corrected chi connectivity index (χ1v) is 5.66. The first kappa shape index (κ1) is 13.0. The van der Waals surface area contributed by atoms with Crippen LogP contribution >= 0.6 is 0 Å². The highest BCUT2D eigenvalue weighted by molar-refractivity contribution is 5.77. The van der Waals surface area contributed by atoms with Gasteiger partial charge in [-0.1, -0.05) is 0 Å². The second-order valence-corrected chi connectivity index (χ2v) is 5.72. The van der Waals surface area contributed by atoms with E-state index in [2.05, 4.69) is 0 Å². The summed E-state index contributed by atoms with van der Waals surface area (Å²) < 4.78 is 31.8. The molecule has 1 amide bonds. The number of carbonyl (C=O) groups is 2. The van der Waals surface area contributed by atoms with Gasteiger partial charge >= 0.3 is 12.1 Å². The number of hydrogen-bond acceptors (Lipinski definition) is 3. The Morgan fingerprint density at radius 2 is 1.94 bits per heavy atom. The quantitative estimate of drug-likeness (QED) is 0.779. The van der Waals surface area contributed by atoms with Crippen LogP contribution < -0.4 is 0 Å². The minimum atomic E-state index is -3.11. The first-order valence-electron chi connectivity index (χ1n) is 5.66. The van der Waals surface area contributed by atoms with E-state index in [1.807, 2.05) is 0 Å². The highest BCUT2D eigenvalue weighted by Crippen LogP contribution is 2.60. The summed E-state index contributed by atoms with van der Waals surface area (Å²) >= 11 is 0. The first-order chi connectivity index (χ1) is 8.05. The van der Waals surface area contributed by atoms with Crippen molar-refractivity contribution < 1.29 is 28.2 Å². The number of carbonyl (C=O) groups excluding carboxylic acids is 1. The lowest BCUT2D eigenvalue weighted by atomic mass is 10.1. The van der Waals surface area contributed by atoms with Gasteiger partial charge in [0.15, 0.2) is 0 Å². The Labute approximate surface area is 103 Å². The number of nitrogens with zero attached hydrogens (tertiary/aromatic N) is 1. The molecule has 0 bridgehead atoms.